The molecule has 0 unspecified atom stereocenters. The van der Waals surface area contributed by atoms with E-state index in [0.717, 1.165) is 17.0 Å². The van der Waals surface area contributed by atoms with Crippen LogP contribution in [0.1, 0.15) is 0 Å². The van der Waals surface area contributed by atoms with Gasteiger partial charge in [-0.1, -0.05) is 18.2 Å². The van der Waals surface area contributed by atoms with Crippen molar-refractivity contribution in [1.82, 2.24) is 0 Å². The van der Waals surface area contributed by atoms with Crippen LogP contribution in [0.25, 0.3) is 0 Å². The number of nitrogens with zero attached hydrogens (tertiary/aromatic N) is 1. The predicted octanol–water partition coefficient (Wildman–Crippen LogP) is 3.65. The van der Waals surface area contributed by atoms with Crippen molar-refractivity contribution in [2.24, 2.45) is 0 Å². The predicted molar refractivity (Wildman–Crippen MR) is 61.0 cm³/mol. The zero-order valence-electron chi connectivity index (χ0n) is 9.14. The van der Waals surface area contributed by atoms with E-state index in [1.54, 1.807) is 18.2 Å². The smallest absolute Gasteiger partial charge is 0.243 e. The third-order valence-corrected chi connectivity index (χ3v) is 2.36. The molecule has 0 aromatic heterocycles. The van der Waals surface area contributed by atoms with Crippen LogP contribution >= 0.6 is 0 Å². The Morgan fingerprint density at radius 1 is 0.889 bits per heavy atom. The number of carbonyl (C=O) groups is 1. The number of carbonyl (C=O) groups excluding carboxylic acids is 1. The molecular formula is C13H8F2NO2. The van der Waals surface area contributed by atoms with Crippen molar-refractivity contribution in [1.29, 1.82) is 0 Å². The molecule has 0 heterocycles. The Morgan fingerprint density at radius 3 is 2.11 bits per heavy atom. The highest BCUT2D eigenvalue weighted by atomic mass is 19.2. The highest BCUT2D eigenvalue weighted by Crippen LogP contribution is 2.26. The summed E-state index contributed by atoms with van der Waals surface area (Å²) < 4.78 is 25.9. The van der Waals surface area contributed by atoms with Crippen molar-refractivity contribution >= 4 is 17.5 Å². The molecular weight excluding hydrogens is 240 g/mol. The van der Waals surface area contributed by atoms with E-state index in [9.17, 15) is 18.7 Å². The highest BCUT2D eigenvalue weighted by molar-refractivity contribution is 5.94. The van der Waals surface area contributed by atoms with Gasteiger partial charge in [-0.3, -0.25) is 0 Å². The van der Waals surface area contributed by atoms with E-state index in [1.165, 1.54) is 18.2 Å². The van der Waals surface area contributed by atoms with Gasteiger partial charge in [0.25, 0.3) is 0 Å². The molecule has 91 valence electrons. The van der Waals surface area contributed by atoms with Gasteiger partial charge in [0.15, 0.2) is 11.6 Å². The number of amides is 1. The molecule has 0 aliphatic heterocycles. The van der Waals surface area contributed by atoms with Crippen LogP contribution in [0.5, 0.6) is 0 Å². The molecule has 0 saturated heterocycles. The van der Waals surface area contributed by atoms with E-state index in [4.69, 9.17) is 0 Å². The number of para-hydroxylation sites is 1. The summed E-state index contributed by atoms with van der Waals surface area (Å²) in [5.41, 5.74) is 0.281. The first kappa shape index (κ1) is 12.0. The van der Waals surface area contributed by atoms with Gasteiger partial charge >= 0.3 is 6.09 Å². The third-order valence-electron chi connectivity index (χ3n) is 2.36. The van der Waals surface area contributed by atoms with Gasteiger partial charge < -0.3 is 0 Å². The van der Waals surface area contributed by atoms with Gasteiger partial charge in [-0.2, -0.15) is 0 Å². The second-order valence-electron chi connectivity index (χ2n) is 3.54. The fraction of sp³-hybridized carbons (Fsp3) is 0. The maximum atomic E-state index is 13.1. The van der Waals surface area contributed by atoms with Crippen LogP contribution in [-0.2, 0) is 5.11 Å². The molecule has 0 bridgehead atoms. The Hall–Kier alpha value is -2.43. The quantitative estimate of drug-likeness (QED) is 0.799. The molecule has 2 aromatic rings. The van der Waals surface area contributed by atoms with Crippen molar-refractivity contribution in [3.63, 3.8) is 0 Å². The van der Waals surface area contributed by atoms with Crippen LogP contribution in [0.4, 0.5) is 25.0 Å². The van der Waals surface area contributed by atoms with Gasteiger partial charge in [-0.25, -0.2) is 23.6 Å². The first-order valence-corrected chi connectivity index (χ1v) is 5.11. The van der Waals surface area contributed by atoms with E-state index in [-0.39, 0.29) is 5.69 Å². The second-order valence-corrected chi connectivity index (χ2v) is 3.54. The van der Waals surface area contributed by atoms with Gasteiger partial charge in [0.2, 0.25) is 0 Å². The Morgan fingerprint density at radius 2 is 1.56 bits per heavy atom. The SMILES string of the molecule is [O]C(=O)N(c1ccccc1)c1ccc(F)c(F)c1. The molecule has 0 aliphatic carbocycles. The normalized spacial score (nSPS) is 10.1. The Labute approximate surface area is 102 Å². The molecule has 0 saturated carbocycles. The summed E-state index contributed by atoms with van der Waals surface area (Å²) >= 11 is 0. The zero-order valence-corrected chi connectivity index (χ0v) is 9.14. The molecule has 0 fully saturated rings. The topological polar surface area (TPSA) is 40.2 Å². The van der Waals surface area contributed by atoms with E-state index < -0.39 is 17.7 Å². The number of benzene rings is 2. The van der Waals surface area contributed by atoms with E-state index >= 15 is 0 Å². The summed E-state index contributed by atoms with van der Waals surface area (Å²) in [6, 6.07) is 10.9. The molecule has 0 N–H and O–H groups in total. The number of rotatable bonds is 2. The average molecular weight is 248 g/mol. The molecule has 0 aliphatic rings. The summed E-state index contributed by atoms with van der Waals surface area (Å²) in [7, 11) is 0. The van der Waals surface area contributed by atoms with Crippen LogP contribution in [0.3, 0.4) is 0 Å². The van der Waals surface area contributed by atoms with Crippen molar-refractivity contribution in [3.8, 4) is 0 Å². The van der Waals surface area contributed by atoms with E-state index in [0.29, 0.717) is 5.69 Å². The summed E-state index contributed by atoms with van der Waals surface area (Å²) in [5.74, 6) is -2.15. The lowest BCUT2D eigenvalue weighted by Crippen LogP contribution is -2.22. The van der Waals surface area contributed by atoms with Crippen LogP contribution in [0, 0.1) is 11.6 Å². The molecule has 0 atom stereocenters. The molecule has 1 radical (unpaired) electrons. The highest BCUT2D eigenvalue weighted by Gasteiger charge is 2.19. The van der Waals surface area contributed by atoms with Gasteiger partial charge in [0.05, 0.1) is 11.4 Å². The third kappa shape index (κ3) is 2.29. The Bertz CT molecular complexity index is 572. The van der Waals surface area contributed by atoms with Crippen molar-refractivity contribution < 1.29 is 18.7 Å². The molecule has 5 heteroatoms. The average Bonchev–Trinajstić information content (AvgIpc) is 2.35. The minimum absolute atomic E-state index is 0.0138. The summed E-state index contributed by atoms with van der Waals surface area (Å²) in [6.45, 7) is 0. The lowest BCUT2D eigenvalue weighted by atomic mass is 10.2. The number of anilines is 2. The van der Waals surface area contributed by atoms with Gasteiger partial charge in [0.1, 0.15) is 0 Å². The first-order chi connectivity index (χ1) is 8.59. The second kappa shape index (κ2) is 4.83. The van der Waals surface area contributed by atoms with Crippen molar-refractivity contribution in [2.75, 3.05) is 4.90 Å². The zero-order chi connectivity index (χ0) is 13.1. The van der Waals surface area contributed by atoms with Gasteiger partial charge in [-0.05, 0) is 24.3 Å². The standard InChI is InChI=1S/C13H8F2NO2/c14-11-7-6-10(8-12(11)15)16(13(17)18)9-4-2-1-3-5-9/h1-8H. The molecule has 0 spiro atoms. The van der Waals surface area contributed by atoms with Crippen LogP contribution in [0.15, 0.2) is 48.5 Å². The minimum atomic E-state index is -1.52. The van der Waals surface area contributed by atoms with E-state index in [1.807, 2.05) is 0 Å². The maximum absolute atomic E-state index is 13.1. The number of hydrogen-bond donors (Lipinski definition) is 0. The fourth-order valence-electron chi connectivity index (χ4n) is 1.56. The van der Waals surface area contributed by atoms with Crippen LogP contribution in [0.2, 0.25) is 0 Å². The van der Waals surface area contributed by atoms with Gasteiger partial charge in [0, 0.05) is 6.07 Å². The molecule has 2 aromatic carbocycles. The number of halogens is 2. The maximum Gasteiger partial charge on any atom is 0.462 e. The summed E-state index contributed by atoms with van der Waals surface area (Å²) in [4.78, 5) is 11.9. The van der Waals surface area contributed by atoms with Gasteiger partial charge in [-0.15, -0.1) is 0 Å². The summed E-state index contributed by atoms with van der Waals surface area (Å²) in [6.07, 6.45) is -1.52. The molecule has 3 nitrogen and oxygen atoms in total. The van der Waals surface area contributed by atoms with Crippen molar-refractivity contribution in [3.05, 3.63) is 60.2 Å². The fourth-order valence-corrected chi connectivity index (χ4v) is 1.56. The van der Waals surface area contributed by atoms with E-state index in [2.05, 4.69) is 0 Å². The minimum Gasteiger partial charge on any atom is -0.243 e. The Balaban J connectivity index is 2.49. The largest absolute Gasteiger partial charge is 0.462 e. The van der Waals surface area contributed by atoms with Crippen LogP contribution in [-0.4, -0.2) is 6.09 Å². The molecule has 18 heavy (non-hydrogen) atoms. The summed E-state index contributed by atoms with van der Waals surface area (Å²) in [5, 5.41) is 11.1. The Kier molecular flexibility index (Phi) is 3.23. The molecule has 1 amide bonds. The number of hydrogen-bond acceptors (Lipinski definition) is 1. The lowest BCUT2D eigenvalue weighted by Gasteiger charge is -2.18. The lowest BCUT2D eigenvalue weighted by molar-refractivity contribution is 0.179. The van der Waals surface area contributed by atoms with Crippen LogP contribution < -0.4 is 4.90 Å². The first-order valence-electron chi connectivity index (χ1n) is 5.11. The molecule has 2 rings (SSSR count). The van der Waals surface area contributed by atoms with Crippen molar-refractivity contribution in [2.45, 2.75) is 0 Å². The monoisotopic (exact) mass is 248 g/mol.